The number of benzene rings is 1. The molecule has 0 fully saturated rings. The molecule has 0 aliphatic rings. The Kier molecular flexibility index (Phi) is 3.02. The largest absolute Gasteiger partial charge is 0.416 e. The van der Waals surface area contributed by atoms with Crippen LogP contribution in [0, 0.1) is 11.3 Å². The third-order valence-electron chi connectivity index (χ3n) is 2.38. The molecule has 0 aliphatic carbocycles. The summed E-state index contributed by atoms with van der Waals surface area (Å²) in [4.78, 5) is 3.95. The number of halogens is 3. The maximum Gasteiger partial charge on any atom is 0.416 e. The molecule has 0 amide bonds. The summed E-state index contributed by atoms with van der Waals surface area (Å²) in [5, 5.41) is 8.61. The SMILES string of the molecule is N#Cc1ccc(-c2cccc(C(F)(F)F)c2)nc1. The Morgan fingerprint density at radius 2 is 1.89 bits per heavy atom. The summed E-state index contributed by atoms with van der Waals surface area (Å²) in [6.45, 7) is 0. The molecule has 0 radical (unpaired) electrons. The minimum Gasteiger partial charge on any atom is -0.255 e. The second kappa shape index (κ2) is 4.49. The molecule has 2 nitrogen and oxygen atoms in total. The van der Waals surface area contributed by atoms with E-state index in [0.717, 1.165) is 12.1 Å². The summed E-state index contributed by atoms with van der Waals surface area (Å²) in [5.41, 5.74) is 0.423. The van der Waals surface area contributed by atoms with Gasteiger partial charge in [-0.2, -0.15) is 18.4 Å². The number of hydrogen-bond acceptors (Lipinski definition) is 2. The monoisotopic (exact) mass is 248 g/mol. The van der Waals surface area contributed by atoms with Gasteiger partial charge in [0.1, 0.15) is 6.07 Å². The van der Waals surface area contributed by atoms with E-state index in [0.29, 0.717) is 16.8 Å². The van der Waals surface area contributed by atoms with Gasteiger partial charge in [-0.25, -0.2) is 0 Å². The van der Waals surface area contributed by atoms with Gasteiger partial charge in [0.05, 0.1) is 16.8 Å². The Morgan fingerprint density at radius 1 is 1.11 bits per heavy atom. The third kappa shape index (κ3) is 2.48. The molecule has 0 saturated heterocycles. The molecule has 0 unspecified atom stereocenters. The van der Waals surface area contributed by atoms with Crippen LogP contribution in [0.15, 0.2) is 42.6 Å². The van der Waals surface area contributed by atoms with Gasteiger partial charge in [0.25, 0.3) is 0 Å². The van der Waals surface area contributed by atoms with Crippen molar-refractivity contribution in [3.8, 4) is 17.3 Å². The fourth-order valence-corrected chi connectivity index (χ4v) is 1.49. The smallest absolute Gasteiger partial charge is 0.255 e. The zero-order valence-electron chi connectivity index (χ0n) is 9.07. The zero-order valence-corrected chi connectivity index (χ0v) is 9.07. The van der Waals surface area contributed by atoms with Gasteiger partial charge in [-0.05, 0) is 24.3 Å². The average Bonchev–Trinajstić information content (AvgIpc) is 2.38. The van der Waals surface area contributed by atoms with Crippen molar-refractivity contribution in [1.82, 2.24) is 4.98 Å². The summed E-state index contributed by atoms with van der Waals surface area (Å²) in [6, 6.07) is 9.86. The fourth-order valence-electron chi connectivity index (χ4n) is 1.49. The molecular formula is C13H7F3N2. The molecule has 0 saturated carbocycles. The molecule has 0 bridgehead atoms. The van der Waals surface area contributed by atoms with Crippen molar-refractivity contribution in [2.45, 2.75) is 6.18 Å². The summed E-state index contributed by atoms with van der Waals surface area (Å²) in [6.07, 6.45) is -3.04. The van der Waals surface area contributed by atoms with E-state index in [1.165, 1.54) is 24.4 Å². The van der Waals surface area contributed by atoms with E-state index in [1.54, 1.807) is 6.07 Å². The Bertz CT molecular complexity index is 595. The zero-order chi connectivity index (χ0) is 13.2. The topological polar surface area (TPSA) is 36.7 Å². The fraction of sp³-hybridized carbons (Fsp3) is 0.0769. The number of aromatic nitrogens is 1. The highest BCUT2D eigenvalue weighted by molar-refractivity contribution is 5.60. The van der Waals surface area contributed by atoms with E-state index >= 15 is 0 Å². The lowest BCUT2D eigenvalue weighted by atomic mass is 10.1. The first-order valence-corrected chi connectivity index (χ1v) is 5.04. The molecule has 1 aromatic heterocycles. The van der Waals surface area contributed by atoms with Crippen LogP contribution in [0.1, 0.15) is 11.1 Å². The molecule has 5 heteroatoms. The third-order valence-corrected chi connectivity index (χ3v) is 2.38. The van der Waals surface area contributed by atoms with E-state index in [9.17, 15) is 13.2 Å². The van der Waals surface area contributed by atoms with E-state index in [2.05, 4.69) is 4.98 Å². The summed E-state index contributed by atoms with van der Waals surface area (Å²) in [7, 11) is 0. The van der Waals surface area contributed by atoms with Gasteiger partial charge >= 0.3 is 6.18 Å². The van der Waals surface area contributed by atoms with E-state index < -0.39 is 11.7 Å². The molecule has 0 N–H and O–H groups in total. The molecule has 90 valence electrons. The van der Waals surface area contributed by atoms with Crippen LogP contribution >= 0.6 is 0 Å². The maximum atomic E-state index is 12.5. The van der Waals surface area contributed by atoms with Crippen LogP contribution in [0.25, 0.3) is 11.3 Å². The van der Waals surface area contributed by atoms with E-state index in [1.807, 2.05) is 6.07 Å². The van der Waals surface area contributed by atoms with Gasteiger partial charge < -0.3 is 0 Å². The standard InChI is InChI=1S/C13H7F3N2/c14-13(15,16)11-3-1-2-10(6-11)12-5-4-9(7-17)8-18-12/h1-6,8H. The number of alkyl halides is 3. The second-order valence-corrected chi connectivity index (χ2v) is 3.62. The van der Waals surface area contributed by atoms with Crippen LogP contribution in [-0.2, 0) is 6.18 Å². The van der Waals surface area contributed by atoms with Gasteiger partial charge in [-0.3, -0.25) is 4.98 Å². The lowest BCUT2D eigenvalue weighted by Crippen LogP contribution is -2.04. The highest BCUT2D eigenvalue weighted by Crippen LogP contribution is 2.31. The number of nitriles is 1. The minimum absolute atomic E-state index is 0.366. The summed E-state index contributed by atoms with van der Waals surface area (Å²) >= 11 is 0. The molecule has 0 aliphatic heterocycles. The van der Waals surface area contributed by atoms with Crippen LogP contribution < -0.4 is 0 Å². The minimum atomic E-state index is -4.37. The van der Waals surface area contributed by atoms with Crippen molar-refractivity contribution >= 4 is 0 Å². The quantitative estimate of drug-likeness (QED) is 0.772. The molecule has 2 aromatic rings. The predicted octanol–water partition coefficient (Wildman–Crippen LogP) is 3.64. The Labute approximate surface area is 101 Å². The molecule has 18 heavy (non-hydrogen) atoms. The van der Waals surface area contributed by atoms with Crippen molar-refractivity contribution in [1.29, 1.82) is 5.26 Å². The summed E-state index contributed by atoms with van der Waals surface area (Å²) in [5.74, 6) is 0. The Hall–Kier alpha value is -2.35. The Morgan fingerprint density at radius 3 is 2.44 bits per heavy atom. The number of pyridine rings is 1. The maximum absolute atomic E-state index is 12.5. The van der Waals surface area contributed by atoms with Gasteiger partial charge in [-0.1, -0.05) is 12.1 Å². The molecule has 2 rings (SSSR count). The van der Waals surface area contributed by atoms with Crippen LogP contribution in [-0.4, -0.2) is 4.98 Å². The highest BCUT2D eigenvalue weighted by Gasteiger charge is 2.30. The van der Waals surface area contributed by atoms with Crippen molar-refractivity contribution in [2.24, 2.45) is 0 Å². The molecule has 0 spiro atoms. The average molecular weight is 248 g/mol. The first-order chi connectivity index (χ1) is 8.50. The van der Waals surface area contributed by atoms with Crippen LogP contribution in [0.4, 0.5) is 13.2 Å². The molecular weight excluding hydrogens is 241 g/mol. The molecule has 0 atom stereocenters. The van der Waals surface area contributed by atoms with E-state index in [4.69, 9.17) is 5.26 Å². The van der Waals surface area contributed by atoms with Crippen molar-refractivity contribution in [2.75, 3.05) is 0 Å². The van der Waals surface area contributed by atoms with Crippen molar-refractivity contribution in [3.05, 3.63) is 53.7 Å². The lowest BCUT2D eigenvalue weighted by Gasteiger charge is -2.08. The van der Waals surface area contributed by atoms with E-state index in [-0.39, 0.29) is 0 Å². The van der Waals surface area contributed by atoms with Gasteiger partial charge in [-0.15, -0.1) is 0 Å². The first kappa shape index (κ1) is 12.1. The van der Waals surface area contributed by atoms with Crippen LogP contribution in [0.5, 0.6) is 0 Å². The lowest BCUT2D eigenvalue weighted by molar-refractivity contribution is -0.137. The first-order valence-electron chi connectivity index (χ1n) is 5.04. The summed E-state index contributed by atoms with van der Waals surface area (Å²) < 4.78 is 37.6. The molecule has 1 heterocycles. The van der Waals surface area contributed by atoms with Gasteiger partial charge in [0.2, 0.25) is 0 Å². The second-order valence-electron chi connectivity index (χ2n) is 3.62. The Balaban J connectivity index is 2.42. The number of hydrogen-bond donors (Lipinski definition) is 0. The van der Waals surface area contributed by atoms with Gasteiger partial charge in [0, 0.05) is 11.8 Å². The van der Waals surface area contributed by atoms with Crippen LogP contribution in [0.2, 0.25) is 0 Å². The van der Waals surface area contributed by atoms with Crippen molar-refractivity contribution in [3.63, 3.8) is 0 Å². The van der Waals surface area contributed by atoms with Gasteiger partial charge in [0.15, 0.2) is 0 Å². The normalized spacial score (nSPS) is 11.0. The number of nitrogens with zero attached hydrogens (tertiary/aromatic N) is 2. The highest BCUT2D eigenvalue weighted by atomic mass is 19.4. The number of rotatable bonds is 1. The molecule has 1 aromatic carbocycles. The predicted molar refractivity (Wildman–Crippen MR) is 59.4 cm³/mol. The van der Waals surface area contributed by atoms with Crippen LogP contribution in [0.3, 0.4) is 0 Å². The van der Waals surface area contributed by atoms with Crippen molar-refractivity contribution < 1.29 is 13.2 Å².